The Bertz CT molecular complexity index is 1240. The number of amides is 2. The van der Waals surface area contributed by atoms with Crippen molar-refractivity contribution >= 4 is 34.2 Å². The van der Waals surface area contributed by atoms with Gasteiger partial charge in [0.05, 0.1) is 25.3 Å². The first-order chi connectivity index (χ1) is 16.4. The summed E-state index contributed by atoms with van der Waals surface area (Å²) in [7, 11) is 3.08. The second-order valence-electron chi connectivity index (χ2n) is 8.47. The average Bonchev–Trinajstić information content (AvgIpc) is 2.99. The third kappa shape index (κ3) is 4.52. The molecule has 0 radical (unpaired) electrons. The third-order valence-corrected chi connectivity index (χ3v) is 6.44. The van der Waals surface area contributed by atoms with Crippen LogP contribution in [0.5, 0.6) is 0 Å². The van der Waals surface area contributed by atoms with Gasteiger partial charge >= 0.3 is 5.97 Å². The number of ether oxygens (including phenoxy) is 1. The zero-order chi connectivity index (χ0) is 24.2. The average molecular weight is 460 g/mol. The van der Waals surface area contributed by atoms with E-state index in [4.69, 9.17) is 4.74 Å². The molecule has 176 valence electrons. The minimum absolute atomic E-state index is 0.150. The Hall–Kier alpha value is -3.71. The van der Waals surface area contributed by atoms with Gasteiger partial charge < -0.3 is 20.3 Å². The number of carbonyl (C=O) groups excluding carboxylic acids is 3. The maximum Gasteiger partial charge on any atom is 0.338 e. The van der Waals surface area contributed by atoms with Crippen LogP contribution in [0.3, 0.4) is 0 Å². The van der Waals surface area contributed by atoms with Crippen molar-refractivity contribution in [2.45, 2.75) is 38.4 Å². The van der Waals surface area contributed by atoms with Gasteiger partial charge in [-0.2, -0.15) is 0 Å². The second-order valence-corrected chi connectivity index (χ2v) is 8.47. The number of nitrogens with one attached hydrogen (secondary N) is 2. The van der Waals surface area contributed by atoms with E-state index in [0.29, 0.717) is 24.9 Å². The monoisotopic (exact) mass is 459 g/mol. The van der Waals surface area contributed by atoms with Gasteiger partial charge in [0.15, 0.2) is 0 Å². The molecule has 1 aliphatic rings. The molecule has 3 aromatic carbocycles. The first-order valence-electron chi connectivity index (χ1n) is 11.4. The Morgan fingerprint density at radius 2 is 1.79 bits per heavy atom. The number of likely N-dealkylation sites (N-methyl/N-ethyl adjacent to an activating group) is 1. The molecule has 34 heavy (non-hydrogen) atoms. The van der Waals surface area contributed by atoms with Gasteiger partial charge in [-0.15, -0.1) is 0 Å². The van der Waals surface area contributed by atoms with E-state index < -0.39 is 18.1 Å². The first kappa shape index (κ1) is 23.4. The van der Waals surface area contributed by atoms with Crippen LogP contribution in [0.4, 0.5) is 5.69 Å². The van der Waals surface area contributed by atoms with E-state index in [0.717, 1.165) is 27.6 Å². The van der Waals surface area contributed by atoms with E-state index in [1.54, 1.807) is 24.9 Å². The SMILES string of the molecule is CN[C@@H](C)C(=O)NC1CCc2ccccc2N(Cc2cccc3c(C(=O)OC)cccc23)C1=O. The van der Waals surface area contributed by atoms with Crippen molar-refractivity contribution in [2.24, 2.45) is 0 Å². The van der Waals surface area contributed by atoms with E-state index in [2.05, 4.69) is 10.6 Å². The highest BCUT2D eigenvalue weighted by Crippen LogP contribution is 2.31. The lowest BCUT2D eigenvalue weighted by Gasteiger charge is -2.27. The molecule has 0 spiro atoms. The fourth-order valence-corrected chi connectivity index (χ4v) is 4.41. The number of para-hydroxylation sites is 1. The van der Waals surface area contributed by atoms with Crippen LogP contribution >= 0.6 is 0 Å². The van der Waals surface area contributed by atoms with Crippen LogP contribution in [0, 0.1) is 0 Å². The number of aryl methyl sites for hydroxylation is 1. The standard InChI is InChI=1S/C27H29N3O4/c1-17(28-2)25(31)29-23-15-14-18-8-4-5-13-24(18)30(26(23)32)16-19-9-6-11-21-20(19)10-7-12-22(21)27(33)34-3/h4-13,17,23,28H,14-16H2,1-3H3,(H,29,31)/t17-,23?/m0/s1. The number of anilines is 1. The summed E-state index contributed by atoms with van der Waals surface area (Å²) in [6.45, 7) is 2.07. The molecule has 0 saturated carbocycles. The van der Waals surface area contributed by atoms with Crippen molar-refractivity contribution in [3.05, 3.63) is 77.4 Å². The normalized spacial score (nSPS) is 16.5. The van der Waals surface area contributed by atoms with Crippen molar-refractivity contribution in [1.29, 1.82) is 0 Å². The van der Waals surface area contributed by atoms with Crippen LogP contribution in [0.1, 0.15) is 34.8 Å². The second kappa shape index (κ2) is 10.1. The van der Waals surface area contributed by atoms with Gasteiger partial charge in [0, 0.05) is 5.69 Å². The fraction of sp³-hybridized carbons (Fsp3) is 0.296. The lowest BCUT2D eigenvalue weighted by Crippen LogP contribution is -2.52. The van der Waals surface area contributed by atoms with Crippen LogP contribution in [0.15, 0.2) is 60.7 Å². The number of methoxy groups -OCH3 is 1. The molecule has 2 N–H and O–H groups in total. The van der Waals surface area contributed by atoms with Gasteiger partial charge in [0.1, 0.15) is 6.04 Å². The van der Waals surface area contributed by atoms with E-state index >= 15 is 0 Å². The van der Waals surface area contributed by atoms with Crippen LogP contribution in [0.2, 0.25) is 0 Å². The van der Waals surface area contributed by atoms with Crippen LogP contribution in [-0.4, -0.2) is 44.0 Å². The molecule has 1 heterocycles. The highest BCUT2D eigenvalue weighted by Gasteiger charge is 2.32. The summed E-state index contributed by atoms with van der Waals surface area (Å²) in [4.78, 5) is 40.3. The number of esters is 1. The van der Waals surface area contributed by atoms with E-state index in [1.165, 1.54) is 7.11 Å². The van der Waals surface area contributed by atoms with Crippen LogP contribution < -0.4 is 15.5 Å². The molecule has 0 saturated heterocycles. The number of carbonyl (C=O) groups is 3. The minimum atomic E-state index is -0.628. The number of hydrogen-bond donors (Lipinski definition) is 2. The first-order valence-corrected chi connectivity index (χ1v) is 11.4. The molecule has 0 aliphatic carbocycles. The molecule has 2 atom stereocenters. The van der Waals surface area contributed by atoms with Crippen molar-refractivity contribution in [2.75, 3.05) is 19.1 Å². The molecule has 4 rings (SSSR count). The molecule has 0 aromatic heterocycles. The lowest BCUT2D eigenvalue weighted by atomic mass is 9.99. The van der Waals surface area contributed by atoms with Gasteiger partial charge in [0.25, 0.3) is 0 Å². The maximum absolute atomic E-state index is 13.7. The number of hydrogen-bond acceptors (Lipinski definition) is 5. The zero-order valence-corrected chi connectivity index (χ0v) is 19.6. The lowest BCUT2D eigenvalue weighted by molar-refractivity contribution is -0.128. The van der Waals surface area contributed by atoms with E-state index in [-0.39, 0.29) is 11.8 Å². The Balaban J connectivity index is 1.74. The smallest absolute Gasteiger partial charge is 0.338 e. The minimum Gasteiger partial charge on any atom is -0.465 e. The molecule has 1 aliphatic heterocycles. The summed E-state index contributed by atoms with van der Waals surface area (Å²) < 4.78 is 4.95. The molecular formula is C27H29N3O4. The number of rotatable bonds is 6. The summed E-state index contributed by atoms with van der Waals surface area (Å²) in [5, 5.41) is 7.49. The van der Waals surface area contributed by atoms with E-state index in [1.807, 2.05) is 54.6 Å². The molecule has 0 bridgehead atoms. The topological polar surface area (TPSA) is 87.7 Å². The highest BCUT2D eigenvalue weighted by atomic mass is 16.5. The Morgan fingerprint density at radius 1 is 1.06 bits per heavy atom. The maximum atomic E-state index is 13.7. The number of benzene rings is 3. The Labute approximate surface area is 199 Å². The quantitative estimate of drug-likeness (QED) is 0.553. The molecule has 1 unspecified atom stereocenters. The molecular weight excluding hydrogens is 430 g/mol. The van der Waals surface area contributed by atoms with Gasteiger partial charge in [-0.05, 0) is 60.8 Å². The van der Waals surface area contributed by atoms with Gasteiger partial charge in [0.2, 0.25) is 11.8 Å². The predicted molar refractivity (Wildman–Crippen MR) is 132 cm³/mol. The van der Waals surface area contributed by atoms with Crippen LogP contribution in [-0.2, 0) is 27.3 Å². The summed E-state index contributed by atoms with van der Waals surface area (Å²) in [5.41, 5.74) is 3.29. The predicted octanol–water partition coefficient (Wildman–Crippen LogP) is 3.20. The molecule has 3 aromatic rings. The van der Waals surface area contributed by atoms with Gasteiger partial charge in [-0.3, -0.25) is 9.59 Å². The molecule has 7 heteroatoms. The summed E-state index contributed by atoms with van der Waals surface area (Å²) in [5.74, 6) is -0.761. The molecule has 2 amide bonds. The van der Waals surface area contributed by atoms with Gasteiger partial charge in [-0.25, -0.2) is 4.79 Å². The van der Waals surface area contributed by atoms with Crippen LogP contribution in [0.25, 0.3) is 10.8 Å². The summed E-state index contributed by atoms with van der Waals surface area (Å²) in [6, 6.07) is 18.0. The highest BCUT2D eigenvalue weighted by molar-refractivity contribution is 6.06. The van der Waals surface area contributed by atoms with Crippen molar-refractivity contribution in [1.82, 2.24) is 10.6 Å². The summed E-state index contributed by atoms with van der Waals surface area (Å²) >= 11 is 0. The van der Waals surface area contributed by atoms with Crippen molar-refractivity contribution < 1.29 is 19.1 Å². The third-order valence-electron chi connectivity index (χ3n) is 6.44. The Kier molecular flexibility index (Phi) is 6.93. The van der Waals surface area contributed by atoms with Crippen molar-refractivity contribution in [3.63, 3.8) is 0 Å². The molecule has 0 fully saturated rings. The zero-order valence-electron chi connectivity index (χ0n) is 19.6. The van der Waals surface area contributed by atoms with Crippen molar-refractivity contribution in [3.8, 4) is 0 Å². The van der Waals surface area contributed by atoms with E-state index in [9.17, 15) is 14.4 Å². The summed E-state index contributed by atoms with van der Waals surface area (Å²) in [6.07, 6.45) is 1.20. The largest absolute Gasteiger partial charge is 0.465 e. The number of fused-ring (bicyclic) bond motifs is 2. The molecule has 7 nitrogen and oxygen atoms in total. The number of nitrogens with zero attached hydrogens (tertiary/aromatic N) is 1. The van der Waals surface area contributed by atoms with Gasteiger partial charge in [-0.1, -0.05) is 48.5 Å². The Morgan fingerprint density at radius 3 is 2.56 bits per heavy atom. The fourth-order valence-electron chi connectivity index (χ4n) is 4.41.